The summed E-state index contributed by atoms with van der Waals surface area (Å²) < 4.78 is 5.89. The minimum Gasteiger partial charge on any atom is -0.446 e. The number of rotatable bonds is 4. The molecule has 4 rings (SSSR count). The minimum atomic E-state index is -0.230. The van der Waals surface area contributed by atoms with E-state index in [9.17, 15) is 4.79 Å². The zero-order valence-electron chi connectivity index (χ0n) is 18.7. The van der Waals surface area contributed by atoms with E-state index in [1.54, 1.807) is 0 Å². The molecule has 32 heavy (non-hydrogen) atoms. The van der Waals surface area contributed by atoms with Crippen molar-refractivity contribution in [1.82, 2.24) is 19.8 Å². The van der Waals surface area contributed by atoms with Gasteiger partial charge in [-0.1, -0.05) is 30.3 Å². The van der Waals surface area contributed by atoms with E-state index >= 15 is 0 Å². The summed E-state index contributed by atoms with van der Waals surface area (Å²) >= 11 is 0. The van der Waals surface area contributed by atoms with E-state index in [1.807, 2.05) is 24.0 Å². The average Bonchev–Trinajstić information content (AvgIpc) is 2.82. The molecule has 2 fully saturated rings. The van der Waals surface area contributed by atoms with Crippen LogP contribution in [-0.2, 0) is 11.3 Å². The number of piperidine rings is 1. The molecule has 0 saturated carbocycles. The Labute approximate surface area is 189 Å². The molecular formula is C24H30N6O2. The molecule has 2 aromatic rings. The third-order valence-electron chi connectivity index (χ3n) is 6.30. The normalized spacial score (nSPS) is 22.4. The molecule has 0 unspecified atom stereocenters. The second-order valence-electron chi connectivity index (χ2n) is 8.73. The van der Waals surface area contributed by atoms with Gasteiger partial charge in [0, 0.05) is 44.8 Å². The molecule has 168 valence electrons. The average molecular weight is 435 g/mol. The number of aromatic nitrogens is 2. The Morgan fingerprint density at radius 3 is 2.44 bits per heavy atom. The molecule has 0 spiro atoms. The van der Waals surface area contributed by atoms with Crippen molar-refractivity contribution in [3.8, 4) is 6.07 Å². The van der Waals surface area contributed by atoms with Crippen molar-refractivity contribution in [3.05, 3.63) is 53.9 Å². The molecule has 1 aromatic heterocycles. The molecule has 3 heterocycles. The van der Waals surface area contributed by atoms with Crippen molar-refractivity contribution in [2.45, 2.75) is 51.4 Å². The van der Waals surface area contributed by atoms with Gasteiger partial charge in [-0.05, 0) is 32.3 Å². The molecule has 1 amide bonds. The number of hydrogen-bond donors (Lipinski definition) is 0. The number of likely N-dealkylation sites (tertiary alicyclic amines) is 1. The number of amides is 1. The number of nitriles is 1. The van der Waals surface area contributed by atoms with Crippen LogP contribution in [0.4, 0.5) is 10.7 Å². The first-order chi connectivity index (χ1) is 15.5. The first kappa shape index (κ1) is 22.0. The number of anilines is 1. The summed E-state index contributed by atoms with van der Waals surface area (Å²) in [5, 5.41) is 8.94. The van der Waals surface area contributed by atoms with Crippen molar-refractivity contribution < 1.29 is 9.53 Å². The Morgan fingerprint density at radius 2 is 1.78 bits per heavy atom. The molecule has 0 radical (unpaired) electrons. The number of ether oxygens (including phenoxy) is 1. The number of nitrogens with zero attached hydrogens (tertiary/aromatic N) is 6. The van der Waals surface area contributed by atoms with Crippen molar-refractivity contribution in [3.63, 3.8) is 0 Å². The van der Waals surface area contributed by atoms with E-state index in [4.69, 9.17) is 10.00 Å². The smallest absolute Gasteiger partial charge is 0.410 e. The largest absolute Gasteiger partial charge is 0.446 e. The van der Waals surface area contributed by atoms with E-state index in [0.717, 1.165) is 32.5 Å². The van der Waals surface area contributed by atoms with Gasteiger partial charge in [0.15, 0.2) is 0 Å². The first-order valence-corrected chi connectivity index (χ1v) is 11.3. The number of benzene rings is 1. The summed E-state index contributed by atoms with van der Waals surface area (Å²) in [6.07, 6.45) is 4.53. The molecule has 0 aliphatic carbocycles. The maximum absolute atomic E-state index is 12.9. The van der Waals surface area contributed by atoms with Crippen LogP contribution >= 0.6 is 0 Å². The predicted octanol–water partition coefficient (Wildman–Crippen LogP) is 3.05. The van der Waals surface area contributed by atoms with Gasteiger partial charge in [-0.3, -0.25) is 4.90 Å². The van der Waals surface area contributed by atoms with E-state index in [-0.39, 0.29) is 24.3 Å². The fraction of sp³-hybridized carbons (Fsp3) is 0.500. The van der Waals surface area contributed by atoms with Gasteiger partial charge >= 0.3 is 6.09 Å². The van der Waals surface area contributed by atoms with Crippen LogP contribution in [0.3, 0.4) is 0 Å². The second kappa shape index (κ2) is 9.96. The summed E-state index contributed by atoms with van der Waals surface area (Å²) in [6.45, 7) is 8.05. The Hall–Kier alpha value is -3.18. The van der Waals surface area contributed by atoms with Gasteiger partial charge in [0.1, 0.15) is 12.2 Å². The highest BCUT2D eigenvalue weighted by Crippen LogP contribution is 2.23. The van der Waals surface area contributed by atoms with E-state index in [2.05, 4.69) is 51.0 Å². The van der Waals surface area contributed by atoms with Gasteiger partial charge in [-0.15, -0.1) is 0 Å². The van der Waals surface area contributed by atoms with Crippen LogP contribution in [0, 0.1) is 11.3 Å². The maximum atomic E-state index is 12.9. The van der Waals surface area contributed by atoms with E-state index in [0.29, 0.717) is 24.6 Å². The molecule has 2 aliphatic heterocycles. The first-order valence-electron chi connectivity index (χ1n) is 11.3. The van der Waals surface area contributed by atoms with Crippen LogP contribution in [0.15, 0.2) is 42.7 Å². The standard InChI is InChI=1S/C24H30N6O2/c1-18-16-30(19(2)15-29(18)23-26-13-21(12-25)14-27-23)24(31)32-22-8-10-28(11-9-22)17-20-6-4-3-5-7-20/h3-7,13-14,18-19,22H,8-11,15-17H2,1-2H3/t18-,19+/m0/s1. The Kier molecular flexibility index (Phi) is 6.86. The lowest BCUT2D eigenvalue weighted by Crippen LogP contribution is -2.59. The topological polar surface area (TPSA) is 85.6 Å². The number of carbonyl (C=O) groups excluding carboxylic acids is 1. The highest BCUT2D eigenvalue weighted by molar-refractivity contribution is 5.69. The van der Waals surface area contributed by atoms with Crippen molar-refractivity contribution >= 4 is 12.0 Å². The summed E-state index contributed by atoms with van der Waals surface area (Å²) in [5.41, 5.74) is 1.75. The van der Waals surface area contributed by atoms with Gasteiger partial charge in [-0.2, -0.15) is 5.26 Å². The van der Waals surface area contributed by atoms with Crippen LogP contribution in [0.1, 0.15) is 37.8 Å². The van der Waals surface area contributed by atoms with Gasteiger partial charge in [0.25, 0.3) is 0 Å². The third kappa shape index (κ3) is 5.17. The van der Waals surface area contributed by atoms with Crippen LogP contribution in [0.25, 0.3) is 0 Å². The minimum absolute atomic E-state index is 0.0175. The third-order valence-corrected chi connectivity index (χ3v) is 6.30. The molecule has 0 N–H and O–H groups in total. The lowest BCUT2D eigenvalue weighted by molar-refractivity contribution is 0.0165. The fourth-order valence-electron chi connectivity index (χ4n) is 4.42. The zero-order chi connectivity index (χ0) is 22.5. The highest BCUT2D eigenvalue weighted by Gasteiger charge is 2.35. The molecule has 8 nitrogen and oxygen atoms in total. The SMILES string of the molecule is C[C@@H]1CN(c2ncc(C#N)cn2)[C@@H](C)CN1C(=O)OC1CCN(Cc2ccccc2)CC1. The highest BCUT2D eigenvalue weighted by atomic mass is 16.6. The Balaban J connectivity index is 1.27. The maximum Gasteiger partial charge on any atom is 0.410 e. The number of hydrogen-bond acceptors (Lipinski definition) is 7. The zero-order valence-corrected chi connectivity index (χ0v) is 18.7. The Bertz CT molecular complexity index is 937. The molecule has 2 aliphatic rings. The molecule has 2 atom stereocenters. The Morgan fingerprint density at radius 1 is 1.09 bits per heavy atom. The van der Waals surface area contributed by atoms with Crippen LogP contribution in [-0.4, -0.2) is 70.2 Å². The van der Waals surface area contributed by atoms with Crippen molar-refractivity contribution in [2.24, 2.45) is 0 Å². The summed E-state index contributed by atoms with van der Waals surface area (Å²) in [5.74, 6) is 0.585. The summed E-state index contributed by atoms with van der Waals surface area (Å²) in [4.78, 5) is 27.9. The summed E-state index contributed by atoms with van der Waals surface area (Å²) in [7, 11) is 0. The molecule has 0 bridgehead atoms. The summed E-state index contributed by atoms with van der Waals surface area (Å²) in [6, 6.07) is 12.5. The second-order valence-corrected chi connectivity index (χ2v) is 8.73. The molecule has 2 saturated heterocycles. The van der Waals surface area contributed by atoms with Crippen molar-refractivity contribution in [1.29, 1.82) is 5.26 Å². The number of piperazine rings is 1. The molecular weight excluding hydrogens is 404 g/mol. The lowest BCUT2D eigenvalue weighted by atomic mass is 10.1. The fourth-order valence-corrected chi connectivity index (χ4v) is 4.42. The van der Waals surface area contributed by atoms with Crippen LogP contribution < -0.4 is 4.90 Å². The van der Waals surface area contributed by atoms with Gasteiger partial charge in [0.05, 0.1) is 18.0 Å². The van der Waals surface area contributed by atoms with Crippen LogP contribution in [0.5, 0.6) is 0 Å². The van der Waals surface area contributed by atoms with E-state index < -0.39 is 0 Å². The van der Waals surface area contributed by atoms with Crippen molar-refractivity contribution in [2.75, 3.05) is 31.1 Å². The quantitative estimate of drug-likeness (QED) is 0.731. The lowest BCUT2D eigenvalue weighted by Gasteiger charge is -2.44. The van der Waals surface area contributed by atoms with Gasteiger partial charge < -0.3 is 14.5 Å². The monoisotopic (exact) mass is 434 g/mol. The van der Waals surface area contributed by atoms with Crippen LogP contribution in [0.2, 0.25) is 0 Å². The van der Waals surface area contributed by atoms with Gasteiger partial charge in [0.2, 0.25) is 5.95 Å². The molecule has 8 heteroatoms. The van der Waals surface area contributed by atoms with Gasteiger partial charge in [-0.25, -0.2) is 14.8 Å². The molecule has 1 aromatic carbocycles. The predicted molar refractivity (Wildman–Crippen MR) is 121 cm³/mol. The van der Waals surface area contributed by atoms with E-state index in [1.165, 1.54) is 18.0 Å². The number of carbonyl (C=O) groups is 1.